The third-order valence-electron chi connectivity index (χ3n) is 3.39. The Labute approximate surface area is 160 Å². The summed E-state index contributed by atoms with van der Waals surface area (Å²) in [6.45, 7) is 0. The van der Waals surface area contributed by atoms with Gasteiger partial charge in [-0.15, -0.1) is 10.2 Å². The van der Waals surface area contributed by atoms with Crippen LogP contribution in [0.2, 0.25) is 0 Å². The number of sulfonamides is 1. The predicted molar refractivity (Wildman–Crippen MR) is 99.7 cm³/mol. The summed E-state index contributed by atoms with van der Waals surface area (Å²) in [4.78, 5) is 11.3. The number of carbonyl (C=O) groups excluding carboxylic acids is 1. The maximum atomic E-state index is 12.3. The van der Waals surface area contributed by atoms with Crippen molar-refractivity contribution in [1.82, 2.24) is 10.2 Å². The summed E-state index contributed by atoms with van der Waals surface area (Å²) in [5, 5.41) is 8.00. The predicted octanol–water partition coefficient (Wildman–Crippen LogP) is 2.80. The molecule has 8 nitrogen and oxygen atoms in total. The van der Waals surface area contributed by atoms with Crippen LogP contribution in [0, 0.1) is 0 Å². The first-order chi connectivity index (χ1) is 13.0. The van der Waals surface area contributed by atoms with Crippen LogP contribution in [-0.2, 0) is 19.6 Å². The second-order valence-electron chi connectivity index (χ2n) is 5.23. The molecule has 27 heavy (non-hydrogen) atoms. The van der Waals surface area contributed by atoms with E-state index >= 15 is 0 Å². The number of esters is 1. The molecule has 0 fully saturated rings. The molecule has 0 radical (unpaired) electrons. The van der Waals surface area contributed by atoms with Crippen molar-refractivity contribution >= 4 is 33.4 Å². The van der Waals surface area contributed by atoms with E-state index in [2.05, 4.69) is 19.7 Å². The molecular formula is C17H15N3O5S2. The summed E-state index contributed by atoms with van der Waals surface area (Å²) in [6.07, 6.45) is 0. The largest absolute Gasteiger partial charge is 0.468 e. The number of nitrogens with zero attached hydrogens (tertiary/aromatic N) is 2. The Bertz CT molecular complexity index is 1020. The van der Waals surface area contributed by atoms with Crippen LogP contribution in [0.3, 0.4) is 0 Å². The summed E-state index contributed by atoms with van der Waals surface area (Å²) in [7, 11) is -2.35. The zero-order valence-corrected chi connectivity index (χ0v) is 15.8. The minimum absolute atomic E-state index is 0.0678. The van der Waals surface area contributed by atoms with Gasteiger partial charge in [0.2, 0.25) is 5.89 Å². The standard InChI is InChI=1S/C17H15N3O5S2/c1-24-15(21)11-26-17-19-18-16(25-17)12-7-9-13(10-8-12)20-27(22,23)14-5-3-2-4-6-14/h2-10,20H,11H2,1H3. The Hall–Kier alpha value is -2.85. The number of thioether (sulfide) groups is 1. The second kappa shape index (κ2) is 8.23. The van der Waals surface area contributed by atoms with Crippen molar-refractivity contribution in [2.75, 3.05) is 17.6 Å². The summed E-state index contributed by atoms with van der Waals surface area (Å²) in [6, 6.07) is 14.6. The lowest BCUT2D eigenvalue weighted by molar-refractivity contribution is -0.137. The molecule has 3 aromatic rings. The molecule has 1 aromatic heterocycles. The number of rotatable bonds is 7. The van der Waals surface area contributed by atoms with Crippen LogP contribution in [0.4, 0.5) is 5.69 Å². The molecule has 0 aliphatic rings. The first-order valence-electron chi connectivity index (χ1n) is 7.69. The number of methoxy groups -OCH3 is 1. The molecule has 0 bridgehead atoms. The molecule has 0 aliphatic heterocycles. The lowest BCUT2D eigenvalue weighted by atomic mass is 10.2. The van der Waals surface area contributed by atoms with Crippen LogP contribution in [0.25, 0.3) is 11.5 Å². The number of hydrogen-bond acceptors (Lipinski definition) is 8. The zero-order chi connectivity index (χ0) is 19.3. The molecule has 0 saturated carbocycles. The number of aromatic nitrogens is 2. The minimum Gasteiger partial charge on any atom is -0.468 e. The molecule has 0 spiro atoms. The maximum absolute atomic E-state index is 12.3. The van der Waals surface area contributed by atoms with Crippen molar-refractivity contribution in [3.05, 3.63) is 54.6 Å². The van der Waals surface area contributed by atoms with Crippen LogP contribution in [-0.4, -0.2) is 37.4 Å². The van der Waals surface area contributed by atoms with Gasteiger partial charge in [-0.1, -0.05) is 30.0 Å². The highest BCUT2D eigenvalue weighted by atomic mass is 32.2. The van der Waals surface area contributed by atoms with Crippen molar-refractivity contribution in [3.8, 4) is 11.5 Å². The highest BCUT2D eigenvalue weighted by Crippen LogP contribution is 2.25. The lowest BCUT2D eigenvalue weighted by Gasteiger charge is -2.08. The summed E-state index contributed by atoms with van der Waals surface area (Å²) >= 11 is 1.07. The monoisotopic (exact) mass is 405 g/mol. The summed E-state index contributed by atoms with van der Waals surface area (Å²) < 4.78 is 37.2. The quantitative estimate of drug-likeness (QED) is 0.472. The smallest absolute Gasteiger partial charge is 0.316 e. The Kier molecular flexibility index (Phi) is 5.77. The molecular weight excluding hydrogens is 390 g/mol. The maximum Gasteiger partial charge on any atom is 0.316 e. The van der Waals surface area contributed by atoms with Gasteiger partial charge in [0.15, 0.2) is 0 Å². The number of anilines is 1. The van der Waals surface area contributed by atoms with Gasteiger partial charge in [-0.2, -0.15) is 0 Å². The highest BCUT2D eigenvalue weighted by molar-refractivity contribution is 7.99. The van der Waals surface area contributed by atoms with Crippen molar-refractivity contribution < 1.29 is 22.4 Å². The topological polar surface area (TPSA) is 111 Å². The molecule has 1 heterocycles. The van der Waals surface area contributed by atoms with Gasteiger partial charge in [0, 0.05) is 11.3 Å². The van der Waals surface area contributed by atoms with Gasteiger partial charge in [-0.3, -0.25) is 9.52 Å². The van der Waals surface area contributed by atoms with Gasteiger partial charge >= 0.3 is 5.97 Å². The lowest BCUT2D eigenvalue weighted by Crippen LogP contribution is -2.12. The summed E-state index contributed by atoms with van der Waals surface area (Å²) in [5.41, 5.74) is 1.03. The first kappa shape index (κ1) is 18.9. The molecule has 0 unspecified atom stereocenters. The fraction of sp³-hybridized carbons (Fsp3) is 0.118. The third-order valence-corrected chi connectivity index (χ3v) is 5.57. The van der Waals surface area contributed by atoms with Gasteiger partial charge in [-0.25, -0.2) is 8.42 Å². The van der Waals surface area contributed by atoms with Crippen LogP contribution < -0.4 is 4.72 Å². The average Bonchev–Trinajstić information content (AvgIpc) is 3.16. The van der Waals surface area contributed by atoms with E-state index in [-0.39, 0.29) is 21.8 Å². The van der Waals surface area contributed by atoms with E-state index < -0.39 is 16.0 Å². The third kappa shape index (κ3) is 4.86. The fourth-order valence-corrected chi connectivity index (χ4v) is 3.73. The van der Waals surface area contributed by atoms with Gasteiger partial charge in [0.25, 0.3) is 15.2 Å². The average molecular weight is 405 g/mol. The molecule has 10 heteroatoms. The van der Waals surface area contributed by atoms with E-state index in [4.69, 9.17) is 4.42 Å². The Morgan fingerprint density at radius 3 is 2.48 bits per heavy atom. The Balaban J connectivity index is 1.69. The molecule has 0 atom stereocenters. The van der Waals surface area contributed by atoms with Gasteiger partial charge < -0.3 is 9.15 Å². The Morgan fingerprint density at radius 1 is 1.11 bits per heavy atom. The second-order valence-corrected chi connectivity index (χ2v) is 7.84. The molecule has 0 saturated heterocycles. The SMILES string of the molecule is COC(=O)CSc1nnc(-c2ccc(NS(=O)(=O)c3ccccc3)cc2)o1. The highest BCUT2D eigenvalue weighted by Gasteiger charge is 2.14. The summed E-state index contributed by atoms with van der Waals surface area (Å²) in [5.74, 6) is -0.0622. The number of ether oxygens (including phenoxy) is 1. The van der Waals surface area contributed by atoms with E-state index in [1.807, 2.05) is 0 Å². The number of nitrogens with one attached hydrogen (secondary N) is 1. The number of hydrogen-bond donors (Lipinski definition) is 1. The van der Waals surface area contributed by atoms with Gasteiger partial charge in [-0.05, 0) is 36.4 Å². The van der Waals surface area contributed by atoms with Crippen LogP contribution in [0.1, 0.15) is 0 Å². The van der Waals surface area contributed by atoms with Crippen molar-refractivity contribution in [2.45, 2.75) is 10.1 Å². The minimum atomic E-state index is -3.65. The van der Waals surface area contributed by atoms with Crippen molar-refractivity contribution in [2.24, 2.45) is 0 Å². The van der Waals surface area contributed by atoms with E-state index in [1.165, 1.54) is 19.2 Å². The Morgan fingerprint density at radius 2 is 1.81 bits per heavy atom. The van der Waals surface area contributed by atoms with E-state index in [0.29, 0.717) is 11.3 Å². The molecule has 0 amide bonds. The van der Waals surface area contributed by atoms with Crippen LogP contribution in [0.15, 0.2) is 69.1 Å². The van der Waals surface area contributed by atoms with E-state index in [1.54, 1.807) is 42.5 Å². The molecule has 1 N–H and O–H groups in total. The molecule has 140 valence electrons. The first-order valence-corrected chi connectivity index (χ1v) is 10.2. The van der Waals surface area contributed by atoms with E-state index in [9.17, 15) is 13.2 Å². The van der Waals surface area contributed by atoms with E-state index in [0.717, 1.165) is 11.8 Å². The van der Waals surface area contributed by atoms with Crippen molar-refractivity contribution in [3.63, 3.8) is 0 Å². The molecule has 0 aliphatic carbocycles. The normalized spacial score (nSPS) is 11.1. The van der Waals surface area contributed by atoms with Crippen LogP contribution in [0.5, 0.6) is 0 Å². The molecule has 2 aromatic carbocycles. The van der Waals surface area contributed by atoms with Crippen LogP contribution >= 0.6 is 11.8 Å². The zero-order valence-electron chi connectivity index (χ0n) is 14.2. The number of carbonyl (C=O) groups is 1. The van der Waals surface area contributed by atoms with Crippen molar-refractivity contribution in [1.29, 1.82) is 0 Å². The number of benzene rings is 2. The fourth-order valence-electron chi connectivity index (χ4n) is 2.06. The van der Waals surface area contributed by atoms with Gasteiger partial charge in [0.05, 0.1) is 12.0 Å². The van der Waals surface area contributed by atoms with Gasteiger partial charge in [0.1, 0.15) is 5.75 Å². The molecule has 3 rings (SSSR count).